The zero-order valence-corrected chi connectivity index (χ0v) is 9.76. The van der Waals surface area contributed by atoms with Gasteiger partial charge in [0.25, 0.3) is 0 Å². The Balaban J connectivity index is 2.08. The van der Waals surface area contributed by atoms with Crippen LogP contribution in [0.4, 0.5) is 0 Å². The SMILES string of the molecule is COc1ccsc1C(N)C1CCCOC1. The van der Waals surface area contributed by atoms with Crippen molar-refractivity contribution in [1.82, 2.24) is 0 Å². The van der Waals surface area contributed by atoms with Crippen molar-refractivity contribution in [3.63, 3.8) is 0 Å². The highest BCUT2D eigenvalue weighted by Crippen LogP contribution is 2.35. The van der Waals surface area contributed by atoms with Crippen molar-refractivity contribution in [1.29, 1.82) is 0 Å². The molecule has 0 radical (unpaired) electrons. The van der Waals surface area contributed by atoms with Gasteiger partial charge in [0.05, 0.1) is 18.6 Å². The molecule has 2 N–H and O–H groups in total. The first kappa shape index (κ1) is 10.9. The quantitative estimate of drug-likeness (QED) is 0.860. The average molecular weight is 227 g/mol. The molecular formula is C11H17NO2S. The molecule has 1 saturated heterocycles. The van der Waals surface area contributed by atoms with Crippen LogP contribution in [0.1, 0.15) is 23.8 Å². The Morgan fingerprint density at radius 2 is 2.53 bits per heavy atom. The molecule has 2 unspecified atom stereocenters. The molecule has 0 bridgehead atoms. The second-order valence-corrected chi connectivity index (χ2v) is 4.80. The predicted molar refractivity (Wildman–Crippen MR) is 61.3 cm³/mol. The molecule has 2 rings (SSSR count). The lowest BCUT2D eigenvalue weighted by molar-refractivity contribution is 0.0449. The molecule has 4 heteroatoms. The zero-order valence-electron chi connectivity index (χ0n) is 8.94. The van der Waals surface area contributed by atoms with E-state index in [1.165, 1.54) is 0 Å². The van der Waals surface area contributed by atoms with Crippen molar-refractivity contribution in [2.45, 2.75) is 18.9 Å². The summed E-state index contributed by atoms with van der Waals surface area (Å²) in [5, 5.41) is 2.03. The minimum atomic E-state index is 0.0558. The lowest BCUT2D eigenvalue weighted by atomic mass is 9.93. The highest BCUT2D eigenvalue weighted by atomic mass is 32.1. The third kappa shape index (κ3) is 2.33. The molecule has 0 aromatic carbocycles. The number of nitrogens with two attached hydrogens (primary N) is 1. The van der Waals surface area contributed by atoms with Crippen LogP contribution in [0.3, 0.4) is 0 Å². The largest absolute Gasteiger partial charge is 0.496 e. The minimum absolute atomic E-state index is 0.0558. The van der Waals surface area contributed by atoms with E-state index in [0.29, 0.717) is 5.92 Å². The molecule has 15 heavy (non-hydrogen) atoms. The van der Waals surface area contributed by atoms with Gasteiger partial charge in [-0.05, 0) is 24.3 Å². The van der Waals surface area contributed by atoms with E-state index in [1.807, 2.05) is 11.4 Å². The van der Waals surface area contributed by atoms with Crippen molar-refractivity contribution in [3.8, 4) is 5.75 Å². The van der Waals surface area contributed by atoms with Gasteiger partial charge in [0.1, 0.15) is 5.75 Å². The Morgan fingerprint density at radius 1 is 1.67 bits per heavy atom. The second kappa shape index (κ2) is 4.96. The van der Waals surface area contributed by atoms with Crippen molar-refractivity contribution < 1.29 is 9.47 Å². The molecule has 3 nitrogen and oxygen atoms in total. The van der Waals surface area contributed by atoms with Crippen LogP contribution in [-0.4, -0.2) is 20.3 Å². The fraction of sp³-hybridized carbons (Fsp3) is 0.636. The van der Waals surface area contributed by atoms with E-state index >= 15 is 0 Å². The summed E-state index contributed by atoms with van der Waals surface area (Å²) in [4.78, 5) is 1.15. The maximum absolute atomic E-state index is 6.24. The highest BCUT2D eigenvalue weighted by molar-refractivity contribution is 7.10. The van der Waals surface area contributed by atoms with Gasteiger partial charge in [-0.25, -0.2) is 0 Å². The molecule has 0 spiro atoms. The Bertz CT molecular complexity index is 307. The first-order chi connectivity index (χ1) is 7.33. The predicted octanol–water partition coefficient (Wildman–Crippen LogP) is 2.18. The van der Waals surface area contributed by atoms with Gasteiger partial charge in [0, 0.05) is 18.6 Å². The van der Waals surface area contributed by atoms with E-state index in [1.54, 1.807) is 18.4 Å². The lowest BCUT2D eigenvalue weighted by Crippen LogP contribution is -2.28. The monoisotopic (exact) mass is 227 g/mol. The standard InChI is InChI=1S/C11H17NO2S/c1-13-9-4-6-15-11(9)10(12)8-3-2-5-14-7-8/h4,6,8,10H,2-3,5,7,12H2,1H3. The molecule has 1 fully saturated rings. The van der Waals surface area contributed by atoms with Gasteiger partial charge in [0.2, 0.25) is 0 Å². The summed E-state index contributed by atoms with van der Waals surface area (Å²) in [6.07, 6.45) is 2.27. The summed E-state index contributed by atoms with van der Waals surface area (Å²) in [5.74, 6) is 1.35. The molecule has 1 aromatic rings. The molecule has 0 saturated carbocycles. The van der Waals surface area contributed by atoms with Gasteiger partial charge in [-0.3, -0.25) is 0 Å². The van der Waals surface area contributed by atoms with Crippen molar-refractivity contribution in [2.75, 3.05) is 20.3 Å². The Morgan fingerprint density at radius 3 is 3.20 bits per heavy atom. The van der Waals surface area contributed by atoms with Crippen LogP contribution in [0.15, 0.2) is 11.4 Å². The number of rotatable bonds is 3. The first-order valence-corrected chi connectivity index (χ1v) is 6.15. The number of hydrogen-bond donors (Lipinski definition) is 1. The fourth-order valence-electron chi connectivity index (χ4n) is 1.98. The third-order valence-electron chi connectivity index (χ3n) is 2.88. The Kier molecular flexibility index (Phi) is 3.61. The summed E-state index contributed by atoms with van der Waals surface area (Å²) in [6, 6.07) is 2.03. The molecule has 84 valence electrons. The maximum atomic E-state index is 6.24. The van der Waals surface area contributed by atoms with Crippen molar-refractivity contribution in [3.05, 3.63) is 16.3 Å². The van der Waals surface area contributed by atoms with E-state index in [4.69, 9.17) is 15.2 Å². The van der Waals surface area contributed by atoms with E-state index in [2.05, 4.69) is 0 Å². The lowest BCUT2D eigenvalue weighted by Gasteiger charge is -2.27. The van der Waals surface area contributed by atoms with Gasteiger partial charge in [-0.15, -0.1) is 11.3 Å². The number of methoxy groups -OCH3 is 1. The van der Waals surface area contributed by atoms with Crippen LogP contribution in [0.25, 0.3) is 0 Å². The van der Waals surface area contributed by atoms with E-state index in [-0.39, 0.29) is 6.04 Å². The van der Waals surface area contributed by atoms with Gasteiger partial charge >= 0.3 is 0 Å². The molecule has 2 heterocycles. The van der Waals surface area contributed by atoms with Crippen LogP contribution in [-0.2, 0) is 4.74 Å². The summed E-state index contributed by atoms with van der Waals surface area (Å²) < 4.78 is 10.7. The van der Waals surface area contributed by atoms with E-state index in [9.17, 15) is 0 Å². The maximum Gasteiger partial charge on any atom is 0.134 e. The van der Waals surface area contributed by atoms with Crippen LogP contribution < -0.4 is 10.5 Å². The molecule has 1 aromatic heterocycles. The van der Waals surface area contributed by atoms with Gasteiger partial charge in [-0.2, -0.15) is 0 Å². The van der Waals surface area contributed by atoms with Gasteiger partial charge < -0.3 is 15.2 Å². The van der Waals surface area contributed by atoms with E-state index < -0.39 is 0 Å². The highest BCUT2D eigenvalue weighted by Gasteiger charge is 2.25. The third-order valence-corrected chi connectivity index (χ3v) is 3.88. The van der Waals surface area contributed by atoms with Gasteiger partial charge in [0.15, 0.2) is 0 Å². The van der Waals surface area contributed by atoms with Crippen LogP contribution >= 0.6 is 11.3 Å². The molecule has 0 amide bonds. The zero-order chi connectivity index (χ0) is 10.7. The van der Waals surface area contributed by atoms with Crippen LogP contribution in [0, 0.1) is 5.92 Å². The topological polar surface area (TPSA) is 44.5 Å². The Labute approximate surface area is 94.2 Å². The summed E-state index contributed by atoms with van der Waals surface area (Å²) in [7, 11) is 1.69. The smallest absolute Gasteiger partial charge is 0.134 e. The van der Waals surface area contributed by atoms with Crippen LogP contribution in [0.2, 0.25) is 0 Å². The fourth-order valence-corrected chi connectivity index (χ4v) is 2.94. The van der Waals surface area contributed by atoms with Crippen molar-refractivity contribution in [2.24, 2.45) is 11.7 Å². The minimum Gasteiger partial charge on any atom is -0.496 e. The number of thiophene rings is 1. The van der Waals surface area contributed by atoms with E-state index in [0.717, 1.165) is 36.7 Å². The van der Waals surface area contributed by atoms with Gasteiger partial charge in [-0.1, -0.05) is 0 Å². The molecule has 1 aliphatic rings. The summed E-state index contributed by atoms with van der Waals surface area (Å²) in [6.45, 7) is 1.66. The summed E-state index contributed by atoms with van der Waals surface area (Å²) in [5.41, 5.74) is 6.24. The normalized spacial score (nSPS) is 23.7. The average Bonchev–Trinajstić information content (AvgIpc) is 2.77. The number of ether oxygens (including phenoxy) is 2. The van der Waals surface area contributed by atoms with Crippen LogP contribution in [0.5, 0.6) is 5.75 Å². The molecule has 1 aliphatic heterocycles. The summed E-state index contributed by atoms with van der Waals surface area (Å²) >= 11 is 1.67. The molecular weight excluding hydrogens is 210 g/mol. The first-order valence-electron chi connectivity index (χ1n) is 5.27. The number of hydrogen-bond acceptors (Lipinski definition) is 4. The molecule has 2 atom stereocenters. The Hall–Kier alpha value is -0.580. The van der Waals surface area contributed by atoms with Crippen molar-refractivity contribution >= 4 is 11.3 Å². The second-order valence-electron chi connectivity index (χ2n) is 3.86. The molecule has 0 aliphatic carbocycles.